The fourth-order valence-corrected chi connectivity index (χ4v) is 3.53. The zero-order valence-electron chi connectivity index (χ0n) is 16.7. The first-order valence-corrected chi connectivity index (χ1v) is 9.82. The Hall–Kier alpha value is -4.17. The van der Waals surface area contributed by atoms with Crippen LogP contribution in [0.15, 0.2) is 79.0 Å². The van der Waals surface area contributed by atoms with Crippen LogP contribution in [0.2, 0.25) is 0 Å². The number of anilines is 1. The number of para-hydroxylation sites is 1. The number of aliphatic hydroxyl groups is 1. The van der Waals surface area contributed by atoms with E-state index in [4.69, 9.17) is 10.5 Å². The van der Waals surface area contributed by atoms with Crippen LogP contribution in [-0.4, -0.2) is 19.9 Å². The number of aromatic nitrogens is 3. The molecule has 0 fully saturated rings. The van der Waals surface area contributed by atoms with Crippen LogP contribution in [0.4, 0.5) is 14.6 Å². The molecule has 1 atom stereocenters. The third kappa shape index (κ3) is 3.57. The Morgan fingerprint density at radius 3 is 2.44 bits per heavy atom. The summed E-state index contributed by atoms with van der Waals surface area (Å²) in [7, 11) is 0. The highest BCUT2D eigenvalue weighted by molar-refractivity contribution is 5.80. The minimum Gasteiger partial charge on any atom is -0.457 e. The lowest BCUT2D eigenvalue weighted by atomic mass is 10.1. The molecule has 0 saturated heterocycles. The van der Waals surface area contributed by atoms with E-state index in [9.17, 15) is 13.9 Å². The Morgan fingerprint density at radius 2 is 1.69 bits per heavy atom. The smallest absolute Gasteiger partial charge is 0.162 e. The van der Waals surface area contributed by atoms with Gasteiger partial charge in [-0.2, -0.15) is 5.10 Å². The van der Waals surface area contributed by atoms with Gasteiger partial charge in [-0.05, 0) is 53.9 Å². The summed E-state index contributed by atoms with van der Waals surface area (Å²) in [5.74, 6) is -1.01. The number of halogens is 2. The number of nitrogens with zero attached hydrogens (tertiary/aromatic N) is 2. The molecule has 1 unspecified atom stereocenters. The molecule has 0 aliphatic rings. The van der Waals surface area contributed by atoms with Gasteiger partial charge in [-0.15, -0.1) is 0 Å². The van der Waals surface area contributed by atoms with Crippen molar-refractivity contribution in [2.24, 2.45) is 0 Å². The fourth-order valence-electron chi connectivity index (χ4n) is 3.53. The summed E-state index contributed by atoms with van der Waals surface area (Å²) in [5.41, 5.74) is 8.94. The van der Waals surface area contributed by atoms with Gasteiger partial charge in [-0.3, -0.25) is 0 Å². The third-order valence-electron chi connectivity index (χ3n) is 5.18. The lowest BCUT2D eigenvalue weighted by molar-refractivity contribution is 0.217. The molecular weight excluding hydrogens is 414 g/mol. The van der Waals surface area contributed by atoms with Crippen molar-refractivity contribution in [1.82, 2.24) is 14.8 Å². The average Bonchev–Trinajstić information content (AvgIpc) is 3.40. The van der Waals surface area contributed by atoms with Crippen molar-refractivity contribution < 1.29 is 18.6 Å². The van der Waals surface area contributed by atoms with Crippen LogP contribution < -0.4 is 10.5 Å². The highest BCUT2D eigenvalue weighted by atomic mass is 19.2. The molecule has 0 radical (unpaired) electrons. The van der Waals surface area contributed by atoms with Gasteiger partial charge in [0.05, 0.1) is 11.9 Å². The van der Waals surface area contributed by atoms with Crippen LogP contribution in [0.25, 0.3) is 16.6 Å². The van der Waals surface area contributed by atoms with E-state index in [-0.39, 0.29) is 5.75 Å². The molecule has 8 heteroatoms. The van der Waals surface area contributed by atoms with Gasteiger partial charge < -0.3 is 20.6 Å². The molecule has 2 heterocycles. The van der Waals surface area contributed by atoms with E-state index < -0.39 is 17.7 Å². The number of aliphatic hydroxyl groups excluding tert-OH is 1. The molecule has 0 aliphatic carbocycles. The summed E-state index contributed by atoms with van der Waals surface area (Å²) in [6.07, 6.45) is 0.559. The molecule has 4 N–H and O–H groups in total. The maximum atomic E-state index is 13.4. The number of benzene rings is 3. The number of nitrogen functional groups attached to an aromatic ring is 1. The monoisotopic (exact) mass is 432 g/mol. The molecule has 5 rings (SSSR count). The maximum absolute atomic E-state index is 13.4. The van der Waals surface area contributed by atoms with E-state index in [1.54, 1.807) is 24.3 Å². The van der Waals surface area contributed by atoms with Crippen LogP contribution in [0.3, 0.4) is 0 Å². The first-order valence-electron chi connectivity index (χ1n) is 9.82. The molecule has 0 bridgehead atoms. The molecule has 5 aromatic rings. The van der Waals surface area contributed by atoms with Crippen molar-refractivity contribution in [3.63, 3.8) is 0 Å². The van der Waals surface area contributed by atoms with E-state index in [1.165, 1.54) is 16.9 Å². The number of rotatable bonds is 5. The zero-order chi connectivity index (χ0) is 22.2. The van der Waals surface area contributed by atoms with Crippen LogP contribution in [0.5, 0.6) is 11.5 Å². The normalized spacial score (nSPS) is 12.2. The number of hydrogen-bond donors (Lipinski definition) is 3. The van der Waals surface area contributed by atoms with Gasteiger partial charge in [-0.1, -0.05) is 18.2 Å². The average molecular weight is 432 g/mol. The second-order valence-electron chi connectivity index (χ2n) is 7.28. The fraction of sp³-hybridized carbons (Fsp3) is 0.0417. The van der Waals surface area contributed by atoms with Crippen molar-refractivity contribution in [2.45, 2.75) is 6.10 Å². The number of fused-ring (bicyclic) bond motifs is 1. The highest BCUT2D eigenvalue weighted by Gasteiger charge is 2.20. The molecule has 3 aromatic carbocycles. The molecule has 2 aromatic heterocycles. The van der Waals surface area contributed by atoms with Gasteiger partial charge in [0.15, 0.2) is 11.6 Å². The number of hydrogen-bond acceptors (Lipinski definition) is 4. The lowest BCUT2D eigenvalue weighted by Crippen LogP contribution is -2.06. The Morgan fingerprint density at radius 1 is 0.938 bits per heavy atom. The Labute approximate surface area is 181 Å². The van der Waals surface area contributed by atoms with E-state index in [0.717, 1.165) is 23.0 Å². The van der Waals surface area contributed by atoms with Crippen LogP contribution in [0, 0.1) is 11.6 Å². The van der Waals surface area contributed by atoms with Crippen LogP contribution in [0.1, 0.15) is 17.4 Å². The predicted octanol–water partition coefficient (Wildman–Crippen LogP) is 5.09. The second-order valence-corrected chi connectivity index (χ2v) is 7.28. The van der Waals surface area contributed by atoms with Crippen molar-refractivity contribution in [1.29, 1.82) is 0 Å². The number of ether oxygens (including phenoxy) is 1. The first kappa shape index (κ1) is 19.8. The number of H-pyrrole nitrogens is 1. The van der Waals surface area contributed by atoms with Gasteiger partial charge in [0.2, 0.25) is 0 Å². The van der Waals surface area contributed by atoms with Gasteiger partial charge in [-0.25, -0.2) is 13.5 Å². The zero-order valence-corrected chi connectivity index (χ0v) is 16.7. The largest absolute Gasteiger partial charge is 0.457 e. The number of nitrogens with two attached hydrogens (primary N) is 1. The summed E-state index contributed by atoms with van der Waals surface area (Å²) in [6.45, 7) is 0. The summed E-state index contributed by atoms with van der Waals surface area (Å²) < 4.78 is 33.5. The van der Waals surface area contributed by atoms with E-state index in [0.29, 0.717) is 28.5 Å². The molecule has 0 aliphatic heterocycles. The molecule has 0 saturated carbocycles. The van der Waals surface area contributed by atoms with Crippen molar-refractivity contribution in [3.8, 4) is 17.2 Å². The predicted molar refractivity (Wildman–Crippen MR) is 117 cm³/mol. The number of nitrogens with one attached hydrogen (secondary N) is 1. The minimum absolute atomic E-state index is 0.180. The Bertz CT molecular complexity index is 1380. The minimum atomic E-state index is -0.982. The molecule has 160 valence electrons. The summed E-state index contributed by atoms with van der Waals surface area (Å²) in [5, 5.41) is 16.1. The van der Waals surface area contributed by atoms with E-state index in [1.807, 2.05) is 30.3 Å². The van der Waals surface area contributed by atoms with Gasteiger partial charge in [0.1, 0.15) is 23.4 Å². The quantitative estimate of drug-likeness (QED) is 0.361. The molecule has 6 nitrogen and oxygen atoms in total. The topological polar surface area (TPSA) is 89.1 Å². The molecule has 32 heavy (non-hydrogen) atoms. The Balaban J connectivity index is 1.38. The third-order valence-corrected chi connectivity index (χ3v) is 5.18. The van der Waals surface area contributed by atoms with Gasteiger partial charge >= 0.3 is 0 Å². The van der Waals surface area contributed by atoms with E-state index >= 15 is 0 Å². The number of aromatic amines is 1. The van der Waals surface area contributed by atoms with Crippen LogP contribution in [-0.2, 0) is 0 Å². The summed E-state index contributed by atoms with van der Waals surface area (Å²) in [6, 6.07) is 19.7. The van der Waals surface area contributed by atoms with Crippen molar-refractivity contribution in [3.05, 3.63) is 102 Å². The summed E-state index contributed by atoms with van der Waals surface area (Å²) in [4.78, 5) is 3.20. The molecule has 0 spiro atoms. The first-order chi connectivity index (χ1) is 15.5. The highest BCUT2D eigenvalue weighted by Crippen LogP contribution is 2.30. The maximum Gasteiger partial charge on any atom is 0.162 e. The second kappa shape index (κ2) is 7.82. The molecular formula is C24H18F2N4O2. The van der Waals surface area contributed by atoms with Crippen molar-refractivity contribution >= 4 is 16.7 Å². The molecule has 0 amide bonds. The SMILES string of the molecule is Nc1c(C(O)c2cc3ccccc3[nH]2)cnn1-c1ccc(Oc2ccc(F)c(F)c2)cc1. The Kier molecular flexibility index (Phi) is 4.84. The van der Waals surface area contributed by atoms with Gasteiger partial charge in [0, 0.05) is 22.8 Å². The van der Waals surface area contributed by atoms with Crippen molar-refractivity contribution in [2.75, 3.05) is 5.73 Å². The standard InChI is InChI=1S/C24H18F2N4O2/c25-19-10-9-17(12-20(19)26)32-16-7-5-15(6-8-16)30-24(27)18(13-28-30)23(31)22-11-14-3-1-2-4-21(14)29-22/h1-13,23,29,31H,27H2. The van der Waals surface area contributed by atoms with E-state index in [2.05, 4.69) is 10.1 Å². The van der Waals surface area contributed by atoms with Crippen LogP contribution >= 0.6 is 0 Å². The summed E-state index contributed by atoms with van der Waals surface area (Å²) >= 11 is 0. The van der Waals surface area contributed by atoms with Gasteiger partial charge in [0.25, 0.3) is 0 Å². The lowest BCUT2D eigenvalue weighted by Gasteiger charge is -2.10.